The van der Waals surface area contributed by atoms with Gasteiger partial charge in [0.2, 0.25) is 0 Å². The summed E-state index contributed by atoms with van der Waals surface area (Å²) in [5, 5.41) is 4.57. The second-order valence-electron chi connectivity index (χ2n) is 4.49. The maximum atomic E-state index is 6.21. The second-order valence-corrected chi connectivity index (χ2v) is 5.33. The Labute approximate surface area is 128 Å². The molecule has 1 unspecified atom stereocenters. The maximum Gasteiger partial charge on any atom is 0.121 e. The van der Waals surface area contributed by atoms with Crippen LogP contribution in [0.25, 0.3) is 0 Å². The summed E-state index contributed by atoms with van der Waals surface area (Å²) in [7, 11) is 1.62. The molecule has 106 valence electrons. The van der Waals surface area contributed by atoms with Crippen molar-refractivity contribution in [1.29, 1.82) is 0 Å². The van der Waals surface area contributed by atoms with Crippen LogP contribution < -0.4 is 15.8 Å². The molecular formula is C15H16Cl2N2O. The quantitative estimate of drug-likeness (QED) is 0.801. The number of nitrogen functional groups attached to an aromatic ring is 1. The zero-order valence-corrected chi connectivity index (χ0v) is 12.8. The van der Waals surface area contributed by atoms with Crippen LogP contribution in [0.5, 0.6) is 5.75 Å². The van der Waals surface area contributed by atoms with Gasteiger partial charge in [-0.3, -0.25) is 0 Å². The second kappa shape index (κ2) is 6.25. The first-order valence-corrected chi connectivity index (χ1v) is 6.92. The van der Waals surface area contributed by atoms with Gasteiger partial charge in [0, 0.05) is 16.1 Å². The Morgan fingerprint density at radius 1 is 1.15 bits per heavy atom. The minimum absolute atomic E-state index is 0.00540. The van der Waals surface area contributed by atoms with Crippen LogP contribution >= 0.6 is 23.2 Å². The van der Waals surface area contributed by atoms with E-state index in [9.17, 15) is 0 Å². The third-order valence-corrected chi connectivity index (χ3v) is 3.62. The van der Waals surface area contributed by atoms with Gasteiger partial charge in [0.1, 0.15) is 5.75 Å². The van der Waals surface area contributed by atoms with Crippen molar-refractivity contribution >= 4 is 34.6 Å². The number of hydrogen-bond donors (Lipinski definition) is 2. The minimum Gasteiger partial charge on any atom is -0.497 e. The Bertz CT molecular complexity index is 617. The highest BCUT2D eigenvalue weighted by atomic mass is 35.5. The first-order chi connectivity index (χ1) is 9.51. The van der Waals surface area contributed by atoms with E-state index in [2.05, 4.69) is 5.32 Å². The first-order valence-electron chi connectivity index (χ1n) is 6.16. The predicted molar refractivity (Wildman–Crippen MR) is 85.9 cm³/mol. The molecule has 0 radical (unpaired) electrons. The van der Waals surface area contributed by atoms with Crippen molar-refractivity contribution in [2.75, 3.05) is 18.2 Å². The van der Waals surface area contributed by atoms with Crippen molar-refractivity contribution in [2.24, 2.45) is 0 Å². The van der Waals surface area contributed by atoms with Crippen molar-refractivity contribution in [1.82, 2.24) is 0 Å². The van der Waals surface area contributed by atoms with Gasteiger partial charge < -0.3 is 15.8 Å². The number of nitrogens with one attached hydrogen (secondary N) is 1. The number of nitrogens with two attached hydrogens (primary N) is 1. The number of anilines is 2. The molecule has 0 bridgehead atoms. The van der Waals surface area contributed by atoms with Crippen molar-refractivity contribution in [3.8, 4) is 5.75 Å². The minimum atomic E-state index is -0.00540. The zero-order chi connectivity index (χ0) is 14.7. The maximum absolute atomic E-state index is 6.21. The van der Waals surface area contributed by atoms with Gasteiger partial charge >= 0.3 is 0 Å². The van der Waals surface area contributed by atoms with Gasteiger partial charge in [0.25, 0.3) is 0 Å². The van der Waals surface area contributed by atoms with E-state index < -0.39 is 0 Å². The van der Waals surface area contributed by atoms with Gasteiger partial charge in [-0.15, -0.1) is 0 Å². The summed E-state index contributed by atoms with van der Waals surface area (Å²) in [6.45, 7) is 2.01. The number of benzene rings is 2. The molecule has 2 rings (SSSR count). The molecule has 0 fully saturated rings. The third-order valence-electron chi connectivity index (χ3n) is 3.06. The van der Waals surface area contributed by atoms with E-state index in [0.29, 0.717) is 15.7 Å². The topological polar surface area (TPSA) is 47.3 Å². The highest BCUT2D eigenvalue weighted by Gasteiger charge is 2.12. The molecular weight excluding hydrogens is 295 g/mol. The standard InChI is InChI=1S/C15H16Cl2N2O/c1-9(12-5-3-10(16)7-13(12)17)19-15-8-11(20-2)4-6-14(15)18/h3-9,19H,18H2,1-2H3. The van der Waals surface area contributed by atoms with Crippen molar-refractivity contribution in [2.45, 2.75) is 13.0 Å². The van der Waals surface area contributed by atoms with E-state index in [0.717, 1.165) is 17.0 Å². The van der Waals surface area contributed by atoms with E-state index >= 15 is 0 Å². The van der Waals surface area contributed by atoms with E-state index in [1.807, 2.05) is 31.2 Å². The number of halogens is 2. The average Bonchev–Trinajstić information content (AvgIpc) is 2.41. The summed E-state index contributed by atoms with van der Waals surface area (Å²) in [6.07, 6.45) is 0. The summed E-state index contributed by atoms with van der Waals surface area (Å²) >= 11 is 12.1. The zero-order valence-electron chi connectivity index (χ0n) is 11.3. The van der Waals surface area contributed by atoms with E-state index in [1.54, 1.807) is 19.2 Å². The van der Waals surface area contributed by atoms with Crippen molar-refractivity contribution < 1.29 is 4.74 Å². The fourth-order valence-electron chi connectivity index (χ4n) is 1.95. The van der Waals surface area contributed by atoms with Gasteiger partial charge in [-0.1, -0.05) is 29.3 Å². The summed E-state index contributed by atoms with van der Waals surface area (Å²) in [5.74, 6) is 0.746. The molecule has 20 heavy (non-hydrogen) atoms. The van der Waals surface area contributed by atoms with Crippen LogP contribution in [0.15, 0.2) is 36.4 Å². The highest BCUT2D eigenvalue weighted by Crippen LogP contribution is 2.31. The Morgan fingerprint density at radius 2 is 1.90 bits per heavy atom. The lowest BCUT2D eigenvalue weighted by molar-refractivity contribution is 0.415. The number of rotatable bonds is 4. The smallest absolute Gasteiger partial charge is 0.121 e. The van der Waals surface area contributed by atoms with Crippen LogP contribution in [0, 0.1) is 0 Å². The molecule has 2 aromatic carbocycles. The fourth-order valence-corrected chi connectivity index (χ4v) is 2.52. The molecule has 3 nitrogen and oxygen atoms in total. The van der Waals surface area contributed by atoms with Crippen molar-refractivity contribution in [3.63, 3.8) is 0 Å². The van der Waals surface area contributed by atoms with Crippen LogP contribution in [0.3, 0.4) is 0 Å². The SMILES string of the molecule is COc1ccc(N)c(NC(C)c2ccc(Cl)cc2Cl)c1. The van der Waals surface area contributed by atoms with Gasteiger partial charge in [0.05, 0.1) is 24.5 Å². The molecule has 0 saturated heterocycles. The number of ether oxygens (including phenoxy) is 1. The lowest BCUT2D eigenvalue weighted by Crippen LogP contribution is -2.09. The van der Waals surface area contributed by atoms with Crippen LogP contribution in [-0.4, -0.2) is 7.11 Å². The summed E-state index contributed by atoms with van der Waals surface area (Å²) in [4.78, 5) is 0. The average molecular weight is 311 g/mol. The van der Waals surface area contributed by atoms with Crippen LogP contribution in [0.4, 0.5) is 11.4 Å². The fraction of sp³-hybridized carbons (Fsp3) is 0.200. The highest BCUT2D eigenvalue weighted by molar-refractivity contribution is 6.35. The van der Waals surface area contributed by atoms with Gasteiger partial charge in [-0.2, -0.15) is 0 Å². The van der Waals surface area contributed by atoms with Crippen LogP contribution in [0.1, 0.15) is 18.5 Å². The lowest BCUT2D eigenvalue weighted by atomic mass is 10.1. The molecule has 0 saturated carbocycles. The Kier molecular flexibility index (Phi) is 4.63. The first kappa shape index (κ1) is 14.8. The number of hydrogen-bond acceptors (Lipinski definition) is 3. The Morgan fingerprint density at radius 3 is 2.55 bits per heavy atom. The summed E-state index contributed by atoms with van der Waals surface area (Å²) < 4.78 is 5.20. The molecule has 0 aromatic heterocycles. The summed E-state index contributed by atoms with van der Waals surface area (Å²) in [5.41, 5.74) is 8.38. The molecule has 0 aliphatic heterocycles. The van der Waals surface area contributed by atoms with Gasteiger partial charge in [-0.05, 0) is 36.8 Å². The number of methoxy groups -OCH3 is 1. The summed E-state index contributed by atoms with van der Waals surface area (Å²) in [6, 6.07) is 10.9. The molecule has 0 heterocycles. The van der Waals surface area contributed by atoms with Crippen LogP contribution in [-0.2, 0) is 0 Å². The molecule has 3 N–H and O–H groups in total. The molecule has 0 aliphatic rings. The molecule has 0 amide bonds. The molecule has 0 aliphatic carbocycles. The molecule has 2 aromatic rings. The lowest BCUT2D eigenvalue weighted by Gasteiger charge is -2.19. The molecule has 1 atom stereocenters. The third kappa shape index (κ3) is 3.30. The van der Waals surface area contributed by atoms with E-state index in [-0.39, 0.29) is 6.04 Å². The van der Waals surface area contributed by atoms with Gasteiger partial charge in [0.15, 0.2) is 0 Å². The molecule has 5 heteroatoms. The Hall–Kier alpha value is -1.58. The largest absolute Gasteiger partial charge is 0.497 e. The van der Waals surface area contributed by atoms with E-state index in [1.165, 1.54) is 0 Å². The van der Waals surface area contributed by atoms with Crippen molar-refractivity contribution in [3.05, 3.63) is 52.0 Å². The van der Waals surface area contributed by atoms with Crippen LogP contribution in [0.2, 0.25) is 10.0 Å². The van der Waals surface area contributed by atoms with E-state index in [4.69, 9.17) is 33.7 Å². The monoisotopic (exact) mass is 310 g/mol. The predicted octanol–water partition coefficient (Wildman–Crippen LogP) is 4.76. The van der Waals surface area contributed by atoms with Gasteiger partial charge in [-0.25, -0.2) is 0 Å². The normalized spacial score (nSPS) is 12.0. The Balaban J connectivity index is 2.25. The molecule has 0 spiro atoms.